The number of carbonyl (C=O) groups is 6. The molecule has 0 heterocycles. The number of carboxylic acid groups (broad SMARTS) is 2. The Balaban J connectivity index is 5.14. The molecule has 0 aliphatic heterocycles. The molecule has 0 bridgehead atoms. The van der Waals surface area contributed by atoms with Crippen LogP contribution < -0.4 is 27.8 Å². The smallest absolute Gasteiger partial charge is 0.326 e. The summed E-state index contributed by atoms with van der Waals surface area (Å²) < 4.78 is 0. The molecule has 0 aliphatic rings. The Morgan fingerprint density at radius 1 is 0.808 bits per heavy atom. The van der Waals surface area contributed by atoms with Crippen LogP contribution in [0.25, 0.3) is 0 Å². The summed E-state index contributed by atoms with van der Waals surface area (Å²) in [6.45, 7) is 0. The molecule has 0 aromatic heterocycles. The predicted molar refractivity (Wildman–Crippen MR) is 84.0 cm³/mol. The van der Waals surface area contributed by atoms with Crippen molar-refractivity contribution < 1.29 is 39.0 Å². The van der Waals surface area contributed by atoms with Crippen LogP contribution in [-0.2, 0) is 28.8 Å². The minimum absolute atomic E-state index is 0.296. The van der Waals surface area contributed by atoms with Crippen molar-refractivity contribution >= 4 is 35.6 Å². The minimum Gasteiger partial charge on any atom is -0.481 e. The number of hydrogen-bond donors (Lipinski definition) is 7. The van der Waals surface area contributed by atoms with Gasteiger partial charge in [-0.05, 0) is 6.42 Å². The molecule has 0 rings (SSSR count). The highest BCUT2D eigenvalue weighted by molar-refractivity contribution is 5.94. The fourth-order valence-corrected chi connectivity index (χ4v) is 1.79. The number of hydrogen-bond acceptors (Lipinski definition) is 7. The molecule has 0 fully saturated rings. The van der Waals surface area contributed by atoms with E-state index < -0.39 is 66.5 Å². The predicted octanol–water partition coefficient (Wildman–Crippen LogP) is -4.02. The maximum absolute atomic E-state index is 12.2. The third-order valence-electron chi connectivity index (χ3n) is 3.06. The molecule has 0 saturated heterocycles. The van der Waals surface area contributed by atoms with Gasteiger partial charge >= 0.3 is 11.9 Å². The Morgan fingerprint density at radius 3 is 1.77 bits per heavy atom. The fourth-order valence-electron chi connectivity index (χ4n) is 1.79. The van der Waals surface area contributed by atoms with Crippen LogP contribution in [0, 0.1) is 0 Å². The zero-order valence-electron chi connectivity index (χ0n) is 13.6. The van der Waals surface area contributed by atoms with Crippen molar-refractivity contribution in [3.8, 4) is 0 Å². The van der Waals surface area contributed by atoms with Gasteiger partial charge in [0.25, 0.3) is 0 Å². The van der Waals surface area contributed by atoms with E-state index in [0.29, 0.717) is 0 Å². The van der Waals surface area contributed by atoms with Crippen LogP contribution in [0.4, 0.5) is 0 Å². The molecule has 0 aromatic carbocycles. The van der Waals surface area contributed by atoms with Crippen molar-refractivity contribution in [2.45, 2.75) is 43.8 Å². The van der Waals surface area contributed by atoms with E-state index in [2.05, 4.69) is 5.32 Å². The average molecular weight is 375 g/mol. The van der Waals surface area contributed by atoms with Gasteiger partial charge in [-0.1, -0.05) is 0 Å². The fraction of sp³-hybridized carbons (Fsp3) is 0.538. The standard InChI is InChI=1S/C13H21N5O8/c14-5(3-10(21)22)11(23)17-6(1-2-8(15)19)12(24)18-7(13(25)26)4-9(16)20/h5-7H,1-4,14H2,(H2,15,19)(H2,16,20)(H,17,23)(H,18,24)(H,21,22)(H,25,26). The molecule has 26 heavy (non-hydrogen) atoms. The summed E-state index contributed by atoms with van der Waals surface area (Å²) in [5.74, 6) is -6.70. The van der Waals surface area contributed by atoms with Gasteiger partial charge in [-0.15, -0.1) is 0 Å². The van der Waals surface area contributed by atoms with E-state index in [1.54, 1.807) is 0 Å². The van der Waals surface area contributed by atoms with E-state index in [-0.39, 0.29) is 12.8 Å². The Hall–Kier alpha value is -3.22. The zero-order valence-corrected chi connectivity index (χ0v) is 13.6. The van der Waals surface area contributed by atoms with Crippen molar-refractivity contribution in [3.63, 3.8) is 0 Å². The second-order valence-electron chi connectivity index (χ2n) is 5.34. The van der Waals surface area contributed by atoms with Gasteiger partial charge in [-0.25, -0.2) is 4.79 Å². The number of nitrogens with two attached hydrogens (primary N) is 3. The Kier molecular flexibility index (Phi) is 9.29. The van der Waals surface area contributed by atoms with Crippen LogP contribution in [0.15, 0.2) is 0 Å². The molecule has 146 valence electrons. The number of rotatable bonds is 12. The molecular weight excluding hydrogens is 354 g/mol. The van der Waals surface area contributed by atoms with E-state index in [9.17, 15) is 28.8 Å². The maximum Gasteiger partial charge on any atom is 0.326 e. The first-order chi connectivity index (χ1) is 11.9. The van der Waals surface area contributed by atoms with Crippen LogP contribution in [-0.4, -0.2) is 63.9 Å². The molecule has 13 nitrogen and oxygen atoms in total. The summed E-state index contributed by atoms with van der Waals surface area (Å²) >= 11 is 0. The lowest BCUT2D eigenvalue weighted by atomic mass is 10.1. The lowest BCUT2D eigenvalue weighted by molar-refractivity contribution is -0.144. The molecule has 4 amide bonds. The van der Waals surface area contributed by atoms with Crippen molar-refractivity contribution in [1.82, 2.24) is 10.6 Å². The first-order valence-electron chi connectivity index (χ1n) is 7.31. The van der Waals surface area contributed by atoms with Gasteiger partial charge in [-0.2, -0.15) is 0 Å². The summed E-state index contributed by atoms with van der Waals surface area (Å²) in [5.41, 5.74) is 15.2. The first-order valence-corrected chi connectivity index (χ1v) is 7.31. The second kappa shape index (κ2) is 10.6. The molecule has 0 aliphatic carbocycles. The minimum atomic E-state index is -1.65. The molecule has 3 atom stereocenters. The monoisotopic (exact) mass is 375 g/mol. The summed E-state index contributed by atoms with van der Waals surface area (Å²) in [6.07, 6.45) is -2.04. The number of primary amides is 2. The second-order valence-corrected chi connectivity index (χ2v) is 5.34. The molecule has 3 unspecified atom stereocenters. The average Bonchev–Trinajstić information content (AvgIpc) is 2.48. The Morgan fingerprint density at radius 2 is 1.35 bits per heavy atom. The Labute approximate surface area is 147 Å². The van der Waals surface area contributed by atoms with Crippen LogP contribution in [0.2, 0.25) is 0 Å². The summed E-state index contributed by atoms with van der Waals surface area (Å²) in [4.78, 5) is 67.4. The van der Waals surface area contributed by atoms with Crippen molar-refractivity contribution in [2.75, 3.05) is 0 Å². The molecule has 0 aromatic rings. The maximum atomic E-state index is 12.2. The van der Waals surface area contributed by atoms with E-state index in [1.807, 2.05) is 5.32 Å². The van der Waals surface area contributed by atoms with E-state index in [4.69, 9.17) is 27.4 Å². The summed E-state index contributed by atoms with van der Waals surface area (Å²) in [5, 5.41) is 21.7. The number of nitrogens with one attached hydrogen (secondary N) is 2. The molecule has 10 N–H and O–H groups in total. The van der Waals surface area contributed by atoms with Gasteiger partial charge in [0.2, 0.25) is 23.6 Å². The lowest BCUT2D eigenvalue weighted by Gasteiger charge is -2.22. The highest BCUT2D eigenvalue weighted by atomic mass is 16.4. The third-order valence-corrected chi connectivity index (χ3v) is 3.06. The molecule has 0 spiro atoms. The number of carbonyl (C=O) groups excluding carboxylic acids is 4. The van der Waals surface area contributed by atoms with E-state index in [0.717, 1.165) is 0 Å². The first kappa shape index (κ1) is 22.8. The Bertz CT molecular complexity index is 593. The SMILES string of the molecule is NC(=O)CCC(NC(=O)C(N)CC(=O)O)C(=O)NC(CC(N)=O)C(=O)O. The summed E-state index contributed by atoms with van der Waals surface area (Å²) in [6, 6.07) is -4.55. The van der Waals surface area contributed by atoms with Crippen LogP contribution in [0.1, 0.15) is 25.7 Å². The van der Waals surface area contributed by atoms with Gasteiger partial charge in [0.15, 0.2) is 0 Å². The number of amides is 4. The quantitative estimate of drug-likeness (QED) is 0.175. The molecular formula is C13H21N5O8. The van der Waals surface area contributed by atoms with Gasteiger partial charge < -0.3 is 38.0 Å². The van der Waals surface area contributed by atoms with Crippen LogP contribution in [0.3, 0.4) is 0 Å². The van der Waals surface area contributed by atoms with Crippen LogP contribution >= 0.6 is 0 Å². The molecule has 13 heteroatoms. The highest BCUT2D eigenvalue weighted by Gasteiger charge is 2.29. The molecule has 0 radical (unpaired) electrons. The summed E-state index contributed by atoms with van der Waals surface area (Å²) in [7, 11) is 0. The third kappa shape index (κ3) is 9.17. The largest absolute Gasteiger partial charge is 0.481 e. The van der Waals surface area contributed by atoms with Crippen LogP contribution in [0.5, 0.6) is 0 Å². The zero-order chi connectivity index (χ0) is 20.4. The molecule has 0 saturated carbocycles. The van der Waals surface area contributed by atoms with E-state index >= 15 is 0 Å². The highest BCUT2D eigenvalue weighted by Crippen LogP contribution is 2.02. The van der Waals surface area contributed by atoms with Gasteiger partial charge in [0, 0.05) is 6.42 Å². The van der Waals surface area contributed by atoms with E-state index in [1.165, 1.54) is 0 Å². The van der Waals surface area contributed by atoms with Gasteiger partial charge in [-0.3, -0.25) is 24.0 Å². The van der Waals surface area contributed by atoms with Crippen molar-refractivity contribution in [2.24, 2.45) is 17.2 Å². The van der Waals surface area contributed by atoms with Crippen molar-refractivity contribution in [1.29, 1.82) is 0 Å². The lowest BCUT2D eigenvalue weighted by Crippen LogP contribution is -2.55. The number of carboxylic acids is 2. The normalized spacial score (nSPS) is 13.7. The van der Waals surface area contributed by atoms with Crippen molar-refractivity contribution in [3.05, 3.63) is 0 Å². The topological polar surface area (TPSA) is 245 Å². The number of aliphatic carboxylic acids is 2. The van der Waals surface area contributed by atoms with Gasteiger partial charge in [0.1, 0.15) is 12.1 Å². The van der Waals surface area contributed by atoms with Gasteiger partial charge in [0.05, 0.1) is 18.9 Å².